The van der Waals surface area contributed by atoms with Crippen LogP contribution in [0, 0.1) is 0 Å². The van der Waals surface area contributed by atoms with Crippen LogP contribution in [0.3, 0.4) is 0 Å². The average Bonchev–Trinajstić information content (AvgIpc) is 2.79. The van der Waals surface area contributed by atoms with Crippen LogP contribution in [0.4, 0.5) is 0 Å². The van der Waals surface area contributed by atoms with E-state index >= 15 is 0 Å². The summed E-state index contributed by atoms with van der Waals surface area (Å²) in [6.45, 7) is 7.27. The maximum Gasteiger partial charge on any atom is 0.0873 e. The number of nitrogens with zero attached hydrogens (tertiary/aromatic N) is 3. The summed E-state index contributed by atoms with van der Waals surface area (Å²) in [6, 6.07) is 3.93. The van der Waals surface area contributed by atoms with Crippen LogP contribution in [0.25, 0.3) is 5.69 Å². The highest BCUT2D eigenvalue weighted by Crippen LogP contribution is 2.13. The zero-order chi connectivity index (χ0) is 12.3. The molecular formula is C13H18N4. The van der Waals surface area contributed by atoms with Crippen molar-refractivity contribution in [2.45, 2.75) is 32.9 Å². The molecule has 0 amide bonds. The molecule has 2 aromatic heterocycles. The Kier molecular flexibility index (Phi) is 3.24. The fraction of sp³-hybridized carbons (Fsp3) is 0.385. The van der Waals surface area contributed by atoms with Gasteiger partial charge in [-0.1, -0.05) is 0 Å². The molecule has 0 aliphatic heterocycles. The van der Waals surface area contributed by atoms with Crippen LogP contribution in [-0.2, 0) is 6.54 Å². The topological polar surface area (TPSA) is 42.7 Å². The van der Waals surface area contributed by atoms with Gasteiger partial charge in [-0.25, -0.2) is 4.68 Å². The van der Waals surface area contributed by atoms with Crippen molar-refractivity contribution in [1.29, 1.82) is 0 Å². The van der Waals surface area contributed by atoms with Crippen molar-refractivity contribution in [3.63, 3.8) is 0 Å². The van der Waals surface area contributed by atoms with Crippen molar-refractivity contribution in [2.24, 2.45) is 0 Å². The third-order valence-electron chi connectivity index (χ3n) is 2.45. The van der Waals surface area contributed by atoms with Gasteiger partial charge in [0.2, 0.25) is 0 Å². The zero-order valence-corrected chi connectivity index (χ0v) is 10.5. The predicted molar refractivity (Wildman–Crippen MR) is 68.0 cm³/mol. The van der Waals surface area contributed by atoms with E-state index in [2.05, 4.69) is 36.2 Å². The summed E-state index contributed by atoms with van der Waals surface area (Å²) in [5.74, 6) is 0. The molecule has 4 heteroatoms. The molecule has 0 saturated carbocycles. The number of rotatable bonds is 3. The average molecular weight is 230 g/mol. The maximum absolute atomic E-state index is 4.24. The van der Waals surface area contributed by atoms with E-state index in [1.54, 1.807) is 6.20 Å². The summed E-state index contributed by atoms with van der Waals surface area (Å²) in [7, 11) is 0. The van der Waals surface area contributed by atoms with Gasteiger partial charge in [0, 0.05) is 30.7 Å². The Labute approximate surface area is 102 Å². The summed E-state index contributed by atoms with van der Waals surface area (Å²) in [5, 5.41) is 7.71. The number of aromatic nitrogens is 3. The number of hydrogen-bond acceptors (Lipinski definition) is 3. The van der Waals surface area contributed by atoms with E-state index in [1.807, 2.05) is 35.4 Å². The number of nitrogens with one attached hydrogen (secondary N) is 1. The van der Waals surface area contributed by atoms with Crippen LogP contribution >= 0.6 is 0 Å². The summed E-state index contributed by atoms with van der Waals surface area (Å²) in [6.07, 6.45) is 7.35. The Balaban J connectivity index is 2.23. The highest BCUT2D eigenvalue weighted by atomic mass is 15.3. The van der Waals surface area contributed by atoms with Crippen LogP contribution in [0.15, 0.2) is 36.9 Å². The minimum atomic E-state index is 0.102. The van der Waals surface area contributed by atoms with Crippen molar-refractivity contribution in [3.8, 4) is 5.69 Å². The Hall–Kier alpha value is -1.68. The molecule has 0 spiro atoms. The molecule has 0 aliphatic carbocycles. The van der Waals surface area contributed by atoms with E-state index in [9.17, 15) is 0 Å². The minimum absolute atomic E-state index is 0.102. The monoisotopic (exact) mass is 230 g/mol. The molecule has 4 nitrogen and oxygen atoms in total. The Morgan fingerprint density at radius 2 is 2.12 bits per heavy atom. The van der Waals surface area contributed by atoms with E-state index in [0.29, 0.717) is 0 Å². The van der Waals surface area contributed by atoms with Crippen LogP contribution in [-0.4, -0.2) is 20.3 Å². The van der Waals surface area contributed by atoms with Gasteiger partial charge in [0.15, 0.2) is 0 Å². The summed E-state index contributed by atoms with van der Waals surface area (Å²) >= 11 is 0. The lowest BCUT2D eigenvalue weighted by molar-refractivity contribution is 0.423. The van der Waals surface area contributed by atoms with Gasteiger partial charge >= 0.3 is 0 Å². The molecule has 0 aliphatic rings. The highest BCUT2D eigenvalue weighted by Gasteiger charge is 2.11. The van der Waals surface area contributed by atoms with E-state index in [0.717, 1.165) is 12.2 Å². The molecule has 2 heterocycles. The first kappa shape index (κ1) is 11.8. The first-order valence-corrected chi connectivity index (χ1v) is 5.74. The quantitative estimate of drug-likeness (QED) is 0.878. The van der Waals surface area contributed by atoms with E-state index in [1.165, 1.54) is 5.56 Å². The smallest absolute Gasteiger partial charge is 0.0873 e. The van der Waals surface area contributed by atoms with Gasteiger partial charge in [-0.15, -0.1) is 0 Å². The molecule has 0 fully saturated rings. The fourth-order valence-corrected chi connectivity index (χ4v) is 1.54. The molecule has 1 N–H and O–H groups in total. The number of hydrogen-bond donors (Lipinski definition) is 1. The normalized spacial score (nSPS) is 11.7. The Bertz CT molecular complexity index is 468. The van der Waals surface area contributed by atoms with Gasteiger partial charge in [-0.3, -0.25) is 4.98 Å². The Morgan fingerprint density at radius 3 is 2.76 bits per heavy atom. The first-order valence-electron chi connectivity index (χ1n) is 5.74. The van der Waals surface area contributed by atoms with Crippen molar-refractivity contribution >= 4 is 0 Å². The van der Waals surface area contributed by atoms with Crippen molar-refractivity contribution in [2.75, 3.05) is 0 Å². The molecular weight excluding hydrogens is 212 g/mol. The number of pyridine rings is 1. The molecule has 17 heavy (non-hydrogen) atoms. The van der Waals surface area contributed by atoms with Gasteiger partial charge < -0.3 is 5.32 Å². The fourth-order valence-electron chi connectivity index (χ4n) is 1.54. The van der Waals surface area contributed by atoms with Crippen LogP contribution in [0.5, 0.6) is 0 Å². The van der Waals surface area contributed by atoms with Crippen molar-refractivity contribution < 1.29 is 0 Å². The van der Waals surface area contributed by atoms with E-state index in [4.69, 9.17) is 0 Å². The zero-order valence-electron chi connectivity index (χ0n) is 10.5. The lowest BCUT2D eigenvalue weighted by Crippen LogP contribution is -2.35. The maximum atomic E-state index is 4.24. The van der Waals surface area contributed by atoms with Gasteiger partial charge in [-0.05, 0) is 38.5 Å². The highest BCUT2D eigenvalue weighted by molar-refractivity contribution is 5.37. The van der Waals surface area contributed by atoms with Crippen LogP contribution < -0.4 is 5.32 Å². The molecule has 0 unspecified atom stereocenters. The molecule has 2 rings (SSSR count). The van der Waals surface area contributed by atoms with Gasteiger partial charge in [0.1, 0.15) is 0 Å². The third kappa shape index (κ3) is 3.14. The second kappa shape index (κ2) is 4.67. The molecule has 0 saturated heterocycles. The molecule has 0 bridgehead atoms. The van der Waals surface area contributed by atoms with Crippen molar-refractivity contribution in [3.05, 3.63) is 42.5 Å². The molecule has 0 atom stereocenters. The summed E-state index contributed by atoms with van der Waals surface area (Å²) < 4.78 is 1.84. The second-order valence-corrected chi connectivity index (χ2v) is 5.06. The molecule has 0 radical (unpaired) electrons. The first-order chi connectivity index (χ1) is 8.06. The van der Waals surface area contributed by atoms with Crippen LogP contribution in [0.1, 0.15) is 26.3 Å². The summed E-state index contributed by atoms with van der Waals surface area (Å²) in [5.41, 5.74) is 2.32. The van der Waals surface area contributed by atoms with Gasteiger partial charge in [0.05, 0.1) is 11.9 Å². The minimum Gasteiger partial charge on any atom is -0.308 e. The second-order valence-electron chi connectivity index (χ2n) is 5.06. The largest absolute Gasteiger partial charge is 0.308 e. The van der Waals surface area contributed by atoms with Crippen LogP contribution in [0.2, 0.25) is 0 Å². The summed E-state index contributed by atoms with van der Waals surface area (Å²) in [4.78, 5) is 4.16. The Morgan fingerprint density at radius 1 is 1.29 bits per heavy atom. The standard InChI is InChI=1S/C13H18N4/c1-13(2,3)15-9-11-5-7-14-10-12(11)17-8-4-6-16-17/h4-8,10,15H,9H2,1-3H3. The van der Waals surface area contributed by atoms with Crippen molar-refractivity contribution in [1.82, 2.24) is 20.1 Å². The lowest BCUT2D eigenvalue weighted by atomic mass is 10.1. The SMILES string of the molecule is CC(C)(C)NCc1ccncc1-n1cccn1. The van der Waals surface area contributed by atoms with E-state index < -0.39 is 0 Å². The third-order valence-corrected chi connectivity index (χ3v) is 2.45. The van der Waals surface area contributed by atoms with Gasteiger partial charge in [0.25, 0.3) is 0 Å². The molecule has 0 aromatic carbocycles. The molecule has 90 valence electrons. The van der Waals surface area contributed by atoms with Gasteiger partial charge in [-0.2, -0.15) is 5.10 Å². The van der Waals surface area contributed by atoms with E-state index in [-0.39, 0.29) is 5.54 Å². The lowest BCUT2D eigenvalue weighted by Gasteiger charge is -2.21. The molecule has 2 aromatic rings. The predicted octanol–water partition coefficient (Wildman–Crippen LogP) is 2.16.